The van der Waals surface area contributed by atoms with E-state index in [1.165, 1.54) is 24.4 Å². The molecule has 7 heteroatoms. The number of pyridine rings is 1. The molecular weight excluding hydrogens is 326 g/mol. The summed E-state index contributed by atoms with van der Waals surface area (Å²) in [6.45, 7) is 1.85. The third-order valence-corrected chi connectivity index (χ3v) is 3.21. The van der Waals surface area contributed by atoms with Gasteiger partial charge < -0.3 is 5.32 Å². The smallest absolute Gasteiger partial charge is 0.284 e. The van der Waals surface area contributed by atoms with Crippen LogP contribution in [-0.2, 0) is 0 Å². The van der Waals surface area contributed by atoms with E-state index in [1.807, 2.05) is 6.92 Å². The van der Waals surface area contributed by atoms with Gasteiger partial charge in [-0.25, -0.2) is 0 Å². The highest BCUT2D eigenvalue weighted by Crippen LogP contribution is 2.26. The summed E-state index contributed by atoms with van der Waals surface area (Å²) >= 11 is 3.07. The van der Waals surface area contributed by atoms with Gasteiger partial charge in [-0.3, -0.25) is 19.9 Å². The Kier molecular flexibility index (Phi) is 4.09. The summed E-state index contributed by atoms with van der Waals surface area (Å²) in [7, 11) is 0. The van der Waals surface area contributed by atoms with Crippen molar-refractivity contribution in [2.24, 2.45) is 0 Å². The molecule has 20 heavy (non-hydrogen) atoms. The molecule has 2 rings (SSSR count). The lowest BCUT2D eigenvalue weighted by atomic mass is 10.2. The summed E-state index contributed by atoms with van der Waals surface area (Å²) in [5.41, 5.74) is 1.51. The van der Waals surface area contributed by atoms with Crippen molar-refractivity contribution >= 4 is 33.2 Å². The van der Waals surface area contributed by atoms with Crippen LogP contribution in [0.4, 0.5) is 11.4 Å². The maximum absolute atomic E-state index is 12.0. The van der Waals surface area contributed by atoms with Crippen LogP contribution < -0.4 is 5.32 Å². The number of hydrogen-bond acceptors (Lipinski definition) is 4. The first-order valence-corrected chi connectivity index (χ1v) is 6.43. The minimum Gasteiger partial charge on any atom is -0.321 e. The molecule has 1 aromatic heterocycles. The monoisotopic (exact) mass is 335 g/mol. The standard InChI is InChI=1S/C13H10BrN3O3/c1-8-4-10(7-15-6-8)16-13(18)9-2-3-11(14)12(5-9)17(19)20/h2-7H,1H3,(H,16,18). The number of hydrogen-bond donors (Lipinski definition) is 1. The maximum Gasteiger partial charge on any atom is 0.284 e. The van der Waals surface area contributed by atoms with E-state index in [2.05, 4.69) is 26.2 Å². The van der Waals surface area contributed by atoms with Crippen LogP contribution in [0.3, 0.4) is 0 Å². The van der Waals surface area contributed by atoms with Gasteiger partial charge in [0.2, 0.25) is 0 Å². The van der Waals surface area contributed by atoms with Crippen molar-refractivity contribution in [2.45, 2.75) is 6.92 Å². The number of carbonyl (C=O) groups excluding carboxylic acids is 1. The van der Waals surface area contributed by atoms with Gasteiger partial charge in [0.15, 0.2) is 0 Å². The van der Waals surface area contributed by atoms with Crippen molar-refractivity contribution < 1.29 is 9.72 Å². The van der Waals surface area contributed by atoms with E-state index >= 15 is 0 Å². The molecule has 0 radical (unpaired) electrons. The van der Waals surface area contributed by atoms with Gasteiger partial charge in [-0.1, -0.05) is 0 Å². The van der Waals surface area contributed by atoms with Crippen molar-refractivity contribution in [3.8, 4) is 0 Å². The topological polar surface area (TPSA) is 85.1 Å². The molecule has 102 valence electrons. The van der Waals surface area contributed by atoms with E-state index in [4.69, 9.17) is 0 Å². The zero-order valence-corrected chi connectivity index (χ0v) is 12.0. The summed E-state index contributed by atoms with van der Waals surface area (Å²) in [5, 5.41) is 13.5. The number of rotatable bonds is 3. The molecule has 0 aliphatic rings. The Bertz CT molecular complexity index is 688. The van der Waals surface area contributed by atoms with Crippen LogP contribution in [0, 0.1) is 17.0 Å². The van der Waals surface area contributed by atoms with Gasteiger partial charge in [0.1, 0.15) is 0 Å². The lowest BCUT2D eigenvalue weighted by Gasteiger charge is -2.06. The van der Waals surface area contributed by atoms with E-state index in [-0.39, 0.29) is 11.3 Å². The summed E-state index contributed by atoms with van der Waals surface area (Å²) in [6.07, 6.45) is 3.18. The number of nitro groups is 1. The van der Waals surface area contributed by atoms with Crippen molar-refractivity contribution in [1.82, 2.24) is 4.98 Å². The fourth-order valence-corrected chi connectivity index (χ4v) is 2.01. The van der Waals surface area contributed by atoms with Crippen molar-refractivity contribution in [2.75, 3.05) is 5.32 Å². The van der Waals surface area contributed by atoms with Gasteiger partial charge in [-0.05, 0) is 46.6 Å². The van der Waals surface area contributed by atoms with Crippen LogP contribution in [-0.4, -0.2) is 15.8 Å². The van der Waals surface area contributed by atoms with Crippen molar-refractivity contribution in [1.29, 1.82) is 0 Å². The van der Waals surface area contributed by atoms with Crippen LogP contribution in [0.5, 0.6) is 0 Å². The SMILES string of the molecule is Cc1cncc(NC(=O)c2ccc(Br)c([N+](=O)[O-])c2)c1. The van der Waals surface area contributed by atoms with E-state index in [1.54, 1.807) is 12.3 Å². The molecule has 0 saturated carbocycles. The molecule has 0 saturated heterocycles. The number of amides is 1. The normalized spacial score (nSPS) is 10.1. The molecule has 0 atom stereocenters. The third kappa shape index (κ3) is 3.18. The lowest BCUT2D eigenvalue weighted by Crippen LogP contribution is -2.12. The number of aromatic nitrogens is 1. The van der Waals surface area contributed by atoms with E-state index in [9.17, 15) is 14.9 Å². The fourth-order valence-electron chi connectivity index (χ4n) is 1.62. The highest BCUT2D eigenvalue weighted by atomic mass is 79.9. The molecule has 0 spiro atoms. The number of nitrogens with one attached hydrogen (secondary N) is 1. The average Bonchev–Trinajstić information content (AvgIpc) is 2.38. The predicted octanol–water partition coefficient (Wildman–Crippen LogP) is 3.31. The third-order valence-electron chi connectivity index (χ3n) is 2.54. The van der Waals surface area contributed by atoms with Crippen molar-refractivity contribution in [3.05, 3.63) is 62.4 Å². The number of anilines is 1. The Labute approximate surface area is 123 Å². The summed E-state index contributed by atoms with van der Waals surface area (Å²) in [6, 6.07) is 5.97. The quantitative estimate of drug-likeness (QED) is 0.688. The zero-order chi connectivity index (χ0) is 14.7. The van der Waals surface area contributed by atoms with Crippen LogP contribution >= 0.6 is 15.9 Å². The lowest BCUT2D eigenvalue weighted by molar-refractivity contribution is -0.385. The summed E-state index contributed by atoms with van der Waals surface area (Å²) < 4.78 is 0.330. The largest absolute Gasteiger partial charge is 0.321 e. The zero-order valence-electron chi connectivity index (χ0n) is 10.5. The first-order chi connectivity index (χ1) is 9.47. The van der Waals surface area contributed by atoms with E-state index in [0.29, 0.717) is 10.2 Å². The van der Waals surface area contributed by atoms with Crippen molar-refractivity contribution in [3.63, 3.8) is 0 Å². The Morgan fingerprint density at radius 2 is 2.10 bits per heavy atom. The summed E-state index contributed by atoms with van der Waals surface area (Å²) in [5.74, 6) is -0.423. The molecule has 0 unspecified atom stereocenters. The Morgan fingerprint density at radius 1 is 1.35 bits per heavy atom. The molecule has 1 heterocycles. The number of halogens is 1. The van der Waals surface area contributed by atoms with Crippen LogP contribution in [0.25, 0.3) is 0 Å². The second kappa shape index (κ2) is 5.79. The molecule has 1 N–H and O–H groups in total. The van der Waals surface area contributed by atoms with Gasteiger partial charge in [0, 0.05) is 17.8 Å². The Morgan fingerprint density at radius 3 is 2.75 bits per heavy atom. The highest BCUT2D eigenvalue weighted by Gasteiger charge is 2.16. The number of benzene rings is 1. The Hall–Kier alpha value is -2.28. The molecule has 0 bridgehead atoms. The van der Waals surface area contributed by atoms with Gasteiger partial charge in [0.25, 0.3) is 11.6 Å². The molecule has 0 aliphatic carbocycles. The Balaban J connectivity index is 2.26. The number of aryl methyl sites for hydroxylation is 1. The van der Waals surface area contributed by atoms with Gasteiger partial charge in [0.05, 0.1) is 21.3 Å². The molecule has 1 amide bonds. The fraction of sp³-hybridized carbons (Fsp3) is 0.0769. The number of nitro benzene ring substituents is 1. The van der Waals surface area contributed by atoms with Crippen LogP contribution in [0.2, 0.25) is 0 Å². The molecule has 0 aliphatic heterocycles. The van der Waals surface area contributed by atoms with Gasteiger partial charge in [-0.2, -0.15) is 0 Å². The van der Waals surface area contributed by atoms with E-state index in [0.717, 1.165) is 5.56 Å². The van der Waals surface area contributed by atoms with E-state index < -0.39 is 10.8 Å². The highest BCUT2D eigenvalue weighted by molar-refractivity contribution is 9.10. The number of carbonyl (C=O) groups is 1. The molecule has 0 fully saturated rings. The second-order valence-electron chi connectivity index (χ2n) is 4.13. The molecule has 6 nitrogen and oxygen atoms in total. The molecular formula is C13H10BrN3O3. The average molecular weight is 336 g/mol. The van der Waals surface area contributed by atoms with Crippen LogP contribution in [0.15, 0.2) is 41.1 Å². The maximum atomic E-state index is 12.0. The molecule has 2 aromatic rings. The predicted molar refractivity (Wildman–Crippen MR) is 77.7 cm³/mol. The van der Waals surface area contributed by atoms with Gasteiger partial charge in [-0.15, -0.1) is 0 Å². The van der Waals surface area contributed by atoms with Gasteiger partial charge >= 0.3 is 0 Å². The minimum atomic E-state index is -0.547. The minimum absolute atomic E-state index is 0.153. The van der Waals surface area contributed by atoms with Crippen LogP contribution in [0.1, 0.15) is 15.9 Å². The first-order valence-electron chi connectivity index (χ1n) is 5.64. The summed E-state index contributed by atoms with van der Waals surface area (Å²) in [4.78, 5) is 26.3. The number of nitrogens with zero attached hydrogens (tertiary/aromatic N) is 2. The molecule has 1 aromatic carbocycles. The second-order valence-corrected chi connectivity index (χ2v) is 4.98. The first kappa shape index (κ1) is 14.1.